The topological polar surface area (TPSA) is 29.5 Å². The van der Waals surface area contributed by atoms with E-state index in [1.807, 2.05) is 42.2 Å². The molecule has 0 radical (unpaired) electrons. The van der Waals surface area contributed by atoms with Crippen LogP contribution >= 0.6 is 0 Å². The number of morpholine rings is 1. The van der Waals surface area contributed by atoms with Crippen LogP contribution in [0.1, 0.15) is 25.5 Å². The molecule has 2 unspecified atom stereocenters. The lowest BCUT2D eigenvalue weighted by molar-refractivity contribution is -0.142. The third kappa shape index (κ3) is 2.25. The van der Waals surface area contributed by atoms with Crippen LogP contribution in [0.25, 0.3) is 0 Å². The Kier molecular flexibility index (Phi) is 3.25. The first kappa shape index (κ1) is 11.1. The first-order valence-electron chi connectivity index (χ1n) is 5.62. The van der Waals surface area contributed by atoms with Crippen LogP contribution in [0.2, 0.25) is 0 Å². The van der Waals surface area contributed by atoms with Gasteiger partial charge in [0.25, 0.3) is 0 Å². The molecule has 0 saturated carbocycles. The molecule has 86 valence electrons. The monoisotopic (exact) mass is 219 g/mol. The van der Waals surface area contributed by atoms with Gasteiger partial charge >= 0.3 is 0 Å². The zero-order chi connectivity index (χ0) is 11.5. The van der Waals surface area contributed by atoms with E-state index < -0.39 is 0 Å². The average Bonchev–Trinajstić information content (AvgIpc) is 2.30. The molecule has 1 saturated heterocycles. The van der Waals surface area contributed by atoms with Crippen LogP contribution in [0.15, 0.2) is 30.3 Å². The predicted octanol–water partition coefficient (Wildman–Crippen LogP) is 1.99. The van der Waals surface area contributed by atoms with E-state index in [9.17, 15) is 4.79 Å². The summed E-state index contributed by atoms with van der Waals surface area (Å²) in [7, 11) is 0. The minimum absolute atomic E-state index is 0.0151. The molecule has 2 rings (SSSR count). The Morgan fingerprint density at radius 1 is 1.38 bits per heavy atom. The fraction of sp³-hybridized carbons (Fsp3) is 0.462. The Morgan fingerprint density at radius 3 is 2.69 bits per heavy atom. The molecule has 16 heavy (non-hydrogen) atoms. The summed E-state index contributed by atoms with van der Waals surface area (Å²) >= 11 is 0. The fourth-order valence-electron chi connectivity index (χ4n) is 2.06. The molecule has 1 aromatic rings. The Labute approximate surface area is 96.0 Å². The van der Waals surface area contributed by atoms with Gasteiger partial charge in [-0.15, -0.1) is 0 Å². The summed E-state index contributed by atoms with van der Waals surface area (Å²) in [6.45, 7) is 4.89. The number of ether oxygens (including phenoxy) is 1. The molecule has 3 nitrogen and oxygen atoms in total. The van der Waals surface area contributed by atoms with Crippen molar-refractivity contribution < 1.29 is 9.53 Å². The second-order valence-corrected chi connectivity index (χ2v) is 4.25. The molecular weight excluding hydrogens is 202 g/mol. The van der Waals surface area contributed by atoms with Crippen molar-refractivity contribution in [3.8, 4) is 0 Å². The quantitative estimate of drug-likeness (QED) is 0.723. The Hall–Kier alpha value is -1.35. The molecule has 0 aliphatic carbocycles. The van der Waals surface area contributed by atoms with Crippen LogP contribution in [0.5, 0.6) is 0 Å². The highest BCUT2D eigenvalue weighted by Gasteiger charge is 2.28. The summed E-state index contributed by atoms with van der Waals surface area (Å²) in [5.74, 6) is 0.122. The van der Waals surface area contributed by atoms with Gasteiger partial charge in [0, 0.05) is 6.92 Å². The minimum Gasteiger partial charge on any atom is -0.370 e. The zero-order valence-corrected chi connectivity index (χ0v) is 9.72. The number of amides is 1. The van der Waals surface area contributed by atoms with Crippen LogP contribution in [-0.4, -0.2) is 30.0 Å². The summed E-state index contributed by atoms with van der Waals surface area (Å²) in [5.41, 5.74) is 1.14. The van der Waals surface area contributed by atoms with Crippen molar-refractivity contribution in [2.24, 2.45) is 0 Å². The van der Waals surface area contributed by atoms with Gasteiger partial charge in [-0.2, -0.15) is 0 Å². The smallest absolute Gasteiger partial charge is 0.219 e. The SMILES string of the molecule is CC(=O)N1CC(c2ccccc2)OCC1C. The zero-order valence-electron chi connectivity index (χ0n) is 9.72. The highest BCUT2D eigenvalue weighted by Crippen LogP contribution is 2.24. The van der Waals surface area contributed by atoms with Gasteiger partial charge in [0.05, 0.1) is 19.2 Å². The van der Waals surface area contributed by atoms with Crippen molar-refractivity contribution in [3.05, 3.63) is 35.9 Å². The van der Waals surface area contributed by atoms with E-state index >= 15 is 0 Å². The Balaban J connectivity index is 2.12. The molecule has 1 amide bonds. The van der Waals surface area contributed by atoms with Crippen LogP contribution < -0.4 is 0 Å². The van der Waals surface area contributed by atoms with E-state index in [4.69, 9.17) is 4.74 Å². The van der Waals surface area contributed by atoms with Gasteiger partial charge in [0.2, 0.25) is 5.91 Å². The summed E-state index contributed by atoms with van der Waals surface area (Å²) in [6.07, 6.45) is 0.0151. The number of carbonyl (C=O) groups is 1. The maximum Gasteiger partial charge on any atom is 0.219 e. The van der Waals surface area contributed by atoms with Crippen molar-refractivity contribution in [2.75, 3.05) is 13.2 Å². The molecule has 0 N–H and O–H groups in total. The molecule has 0 bridgehead atoms. The van der Waals surface area contributed by atoms with E-state index in [2.05, 4.69) is 0 Å². The van der Waals surface area contributed by atoms with Crippen LogP contribution in [-0.2, 0) is 9.53 Å². The second kappa shape index (κ2) is 4.66. The van der Waals surface area contributed by atoms with Gasteiger partial charge in [-0.05, 0) is 12.5 Å². The maximum absolute atomic E-state index is 11.5. The van der Waals surface area contributed by atoms with E-state index in [-0.39, 0.29) is 18.1 Å². The Bertz CT molecular complexity index is 363. The highest BCUT2D eigenvalue weighted by molar-refractivity contribution is 5.73. The molecule has 1 aliphatic heterocycles. The third-order valence-corrected chi connectivity index (χ3v) is 3.01. The molecule has 3 heteroatoms. The normalized spacial score (nSPS) is 25.5. The molecular formula is C13H17NO2. The number of benzene rings is 1. The van der Waals surface area contributed by atoms with E-state index in [0.29, 0.717) is 13.2 Å². The number of rotatable bonds is 1. The van der Waals surface area contributed by atoms with Gasteiger partial charge < -0.3 is 9.64 Å². The summed E-state index contributed by atoms with van der Waals surface area (Å²) < 4.78 is 5.76. The van der Waals surface area contributed by atoms with Crippen molar-refractivity contribution in [2.45, 2.75) is 26.0 Å². The summed E-state index contributed by atoms with van der Waals surface area (Å²) in [5, 5.41) is 0. The van der Waals surface area contributed by atoms with Crippen LogP contribution in [0.4, 0.5) is 0 Å². The van der Waals surface area contributed by atoms with Crippen LogP contribution in [0.3, 0.4) is 0 Å². The second-order valence-electron chi connectivity index (χ2n) is 4.25. The fourth-order valence-corrected chi connectivity index (χ4v) is 2.06. The number of hydrogen-bond donors (Lipinski definition) is 0. The first-order valence-corrected chi connectivity index (χ1v) is 5.62. The summed E-state index contributed by atoms with van der Waals surface area (Å²) in [4.78, 5) is 13.3. The van der Waals surface area contributed by atoms with Gasteiger partial charge in [-0.25, -0.2) is 0 Å². The van der Waals surface area contributed by atoms with Gasteiger partial charge in [-0.1, -0.05) is 30.3 Å². The Morgan fingerprint density at radius 2 is 2.06 bits per heavy atom. The van der Waals surface area contributed by atoms with Crippen molar-refractivity contribution in [3.63, 3.8) is 0 Å². The van der Waals surface area contributed by atoms with Gasteiger partial charge in [-0.3, -0.25) is 4.79 Å². The number of hydrogen-bond acceptors (Lipinski definition) is 2. The highest BCUT2D eigenvalue weighted by atomic mass is 16.5. The number of carbonyl (C=O) groups excluding carboxylic acids is 1. The van der Waals surface area contributed by atoms with Crippen LogP contribution in [0, 0.1) is 0 Å². The largest absolute Gasteiger partial charge is 0.370 e. The van der Waals surface area contributed by atoms with E-state index in [1.54, 1.807) is 6.92 Å². The molecule has 1 aromatic carbocycles. The standard InChI is InChI=1S/C13H17NO2/c1-10-9-16-13(8-14(10)11(2)15)12-6-4-3-5-7-12/h3-7,10,13H,8-9H2,1-2H3. The van der Waals surface area contributed by atoms with Gasteiger partial charge in [0.1, 0.15) is 6.10 Å². The average molecular weight is 219 g/mol. The van der Waals surface area contributed by atoms with Gasteiger partial charge in [0.15, 0.2) is 0 Å². The third-order valence-electron chi connectivity index (χ3n) is 3.01. The molecule has 1 heterocycles. The lowest BCUT2D eigenvalue weighted by Crippen LogP contribution is -2.47. The molecule has 0 aromatic heterocycles. The van der Waals surface area contributed by atoms with Crippen molar-refractivity contribution in [1.29, 1.82) is 0 Å². The molecule has 1 aliphatic rings. The first-order chi connectivity index (χ1) is 7.68. The van der Waals surface area contributed by atoms with Crippen molar-refractivity contribution in [1.82, 2.24) is 4.90 Å². The lowest BCUT2D eigenvalue weighted by Gasteiger charge is -2.37. The van der Waals surface area contributed by atoms with E-state index in [1.165, 1.54) is 0 Å². The molecule has 1 fully saturated rings. The maximum atomic E-state index is 11.5. The van der Waals surface area contributed by atoms with E-state index in [0.717, 1.165) is 5.56 Å². The lowest BCUT2D eigenvalue weighted by atomic mass is 10.1. The minimum atomic E-state index is 0.0151. The molecule has 0 spiro atoms. The summed E-state index contributed by atoms with van der Waals surface area (Å²) in [6, 6.07) is 10.2. The number of nitrogens with zero attached hydrogens (tertiary/aromatic N) is 1. The van der Waals surface area contributed by atoms with Crippen molar-refractivity contribution >= 4 is 5.91 Å². The predicted molar refractivity (Wildman–Crippen MR) is 62.0 cm³/mol. The molecule has 2 atom stereocenters.